The van der Waals surface area contributed by atoms with Gasteiger partial charge in [-0.15, -0.1) is 13.2 Å². The smallest absolute Gasteiger partial charge is 0.489 e. The molecule has 0 N–H and O–H groups in total. The fourth-order valence-electron chi connectivity index (χ4n) is 3.44. The van der Waals surface area contributed by atoms with Crippen LogP contribution in [-0.4, -0.2) is 24.8 Å². The molecule has 0 aromatic heterocycles. The Kier molecular flexibility index (Phi) is 5.77. The molecule has 0 fully saturated rings. The van der Waals surface area contributed by atoms with Crippen molar-refractivity contribution in [3.8, 4) is 23.0 Å². The normalized spacial score (nSPS) is 15.7. The number of nitrogens with zero attached hydrogens (tertiary/aromatic N) is 1. The van der Waals surface area contributed by atoms with Crippen molar-refractivity contribution < 1.29 is 41.8 Å². The van der Waals surface area contributed by atoms with Crippen molar-refractivity contribution in [3.05, 3.63) is 89.0 Å². The van der Waals surface area contributed by atoms with Crippen LogP contribution in [0.5, 0.6) is 23.0 Å². The molecule has 0 saturated heterocycles. The Labute approximate surface area is 196 Å². The SMILES string of the molecule is O=C1ON=C(c2ccc3c(c2)OCO3)/C1=C/c1ccc(OCc2ccc(OC(F)(F)F)cc2)cc1. The largest absolute Gasteiger partial charge is 0.573 e. The van der Waals surface area contributed by atoms with Crippen LogP contribution in [0.1, 0.15) is 16.7 Å². The Morgan fingerprint density at radius 2 is 1.63 bits per heavy atom. The summed E-state index contributed by atoms with van der Waals surface area (Å²) >= 11 is 0. The number of ether oxygens (including phenoxy) is 4. The number of carbonyl (C=O) groups is 1. The number of oxime groups is 1. The summed E-state index contributed by atoms with van der Waals surface area (Å²) in [7, 11) is 0. The third-order valence-electron chi connectivity index (χ3n) is 5.09. The molecule has 0 unspecified atom stereocenters. The zero-order valence-electron chi connectivity index (χ0n) is 17.9. The van der Waals surface area contributed by atoms with Gasteiger partial charge in [-0.05, 0) is 59.7 Å². The fourth-order valence-corrected chi connectivity index (χ4v) is 3.44. The number of benzene rings is 3. The summed E-state index contributed by atoms with van der Waals surface area (Å²) in [5.41, 5.74) is 2.71. The highest BCUT2D eigenvalue weighted by Gasteiger charge is 2.31. The first-order chi connectivity index (χ1) is 16.8. The van der Waals surface area contributed by atoms with Gasteiger partial charge in [-0.3, -0.25) is 0 Å². The molecule has 178 valence electrons. The Bertz CT molecular complexity index is 1310. The molecule has 0 amide bonds. The van der Waals surface area contributed by atoms with Crippen molar-refractivity contribution in [1.82, 2.24) is 0 Å². The second kappa shape index (κ2) is 9.05. The van der Waals surface area contributed by atoms with Gasteiger partial charge in [0.2, 0.25) is 6.79 Å². The molecule has 0 atom stereocenters. The first-order valence-electron chi connectivity index (χ1n) is 10.3. The molecule has 35 heavy (non-hydrogen) atoms. The predicted molar refractivity (Wildman–Crippen MR) is 117 cm³/mol. The summed E-state index contributed by atoms with van der Waals surface area (Å²) in [6, 6.07) is 17.6. The van der Waals surface area contributed by atoms with Gasteiger partial charge in [0.05, 0.1) is 5.57 Å². The zero-order valence-corrected chi connectivity index (χ0v) is 17.9. The van der Waals surface area contributed by atoms with Crippen LogP contribution in [0.3, 0.4) is 0 Å². The molecule has 2 aliphatic rings. The van der Waals surface area contributed by atoms with E-state index in [2.05, 4.69) is 9.89 Å². The summed E-state index contributed by atoms with van der Waals surface area (Å²) in [4.78, 5) is 17.1. The monoisotopic (exact) mass is 483 g/mol. The lowest BCUT2D eigenvalue weighted by Crippen LogP contribution is -2.17. The molecule has 0 bridgehead atoms. The van der Waals surface area contributed by atoms with E-state index in [0.717, 1.165) is 0 Å². The first-order valence-corrected chi connectivity index (χ1v) is 10.3. The molecule has 0 spiro atoms. The number of rotatable bonds is 6. The minimum Gasteiger partial charge on any atom is -0.489 e. The first kappa shape index (κ1) is 22.3. The molecule has 3 aromatic rings. The molecule has 0 saturated carbocycles. The van der Waals surface area contributed by atoms with Crippen LogP contribution in [0, 0.1) is 0 Å². The summed E-state index contributed by atoms with van der Waals surface area (Å²) in [6.07, 6.45) is -3.08. The Hall–Kier alpha value is -4.47. The van der Waals surface area contributed by atoms with Gasteiger partial charge < -0.3 is 23.8 Å². The van der Waals surface area contributed by atoms with E-state index in [4.69, 9.17) is 19.0 Å². The maximum absolute atomic E-state index is 12.3. The minimum atomic E-state index is -4.73. The third-order valence-corrected chi connectivity index (χ3v) is 5.09. The average molecular weight is 483 g/mol. The van der Waals surface area contributed by atoms with Crippen LogP contribution in [0.25, 0.3) is 6.08 Å². The van der Waals surface area contributed by atoms with E-state index in [1.54, 1.807) is 48.5 Å². The molecular formula is C25H16F3NO6. The fraction of sp³-hybridized carbons (Fsp3) is 0.120. The van der Waals surface area contributed by atoms with Crippen molar-refractivity contribution in [2.45, 2.75) is 13.0 Å². The quantitative estimate of drug-likeness (QED) is 0.353. The molecule has 2 aliphatic heterocycles. The van der Waals surface area contributed by atoms with Crippen LogP contribution < -0.4 is 18.9 Å². The summed E-state index contributed by atoms with van der Waals surface area (Å²) in [6.45, 7) is 0.287. The lowest BCUT2D eigenvalue weighted by molar-refractivity contribution is -0.274. The van der Waals surface area contributed by atoms with Crippen LogP contribution >= 0.6 is 0 Å². The minimum absolute atomic E-state index is 0.135. The summed E-state index contributed by atoms with van der Waals surface area (Å²) < 4.78 is 57.0. The second-order valence-corrected chi connectivity index (χ2v) is 7.49. The van der Waals surface area contributed by atoms with E-state index in [1.165, 1.54) is 24.3 Å². The highest BCUT2D eigenvalue weighted by atomic mass is 19.4. The highest BCUT2D eigenvalue weighted by molar-refractivity contribution is 6.31. The molecule has 5 rings (SSSR count). The Morgan fingerprint density at radius 3 is 2.37 bits per heavy atom. The topological polar surface area (TPSA) is 75.6 Å². The number of alkyl halides is 3. The van der Waals surface area contributed by atoms with E-state index >= 15 is 0 Å². The van der Waals surface area contributed by atoms with Crippen LogP contribution in [0.2, 0.25) is 0 Å². The number of carbonyl (C=O) groups excluding carboxylic acids is 1. The zero-order chi connectivity index (χ0) is 24.4. The van der Waals surface area contributed by atoms with E-state index in [9.17, 15) is 18.0 Å². The second-order valence-electron chi connectivity index (χ2n) is 7.49. The number of hydrogen-bond donors (Lipinski definition) is 0. The van der Waals surface area contributed by atoms with Crippen molar-refractivity contribution in [2.24, 2.45) is 5.16 Å². The highest BCUT2D eigenvalue weighted by Crippen LogP contribution is 2.34. The molecule has 0 aliphatic carbocycles. The molecule has 3 aromatic carbocycles. The maximum Gasteiger partial charge on any atom is 0.573 e. The van der Waals surface area contributed by atoms with Gasteiger partial charge in [0.25, 0.3) is 0 Å². The lowest BCUT2D eigenvalue weighted by Gasteiger charge is -2.10. The van der Waals surface area contributed by atoms with Crippen molar-refractivity contribution in [3.63, 3.8) is 0 Å². The number of hydrogen-bond acceptors (Lipinski definition) is 7. The van der Waals surface area contributed by atoms with Crippen LogP contribution in [0.4, 0.5) is 13.2 Å². The predicted octanol–water partition coefficient (Wildman–Crippen LogP) is 5.24. The number of halogens is 3. The van der Waals surface area contributed by atoms with E-state index in [0.29, 0.717) is 45.2 Å². The average Bonchev–Trinajstić information content (AvgIpc) is 3.45. The van der Waals surface area contributed by atoms with Gasteiger partial charge in [0, 0.05) is 5.56 Å². The molecule has 2 heterocycles. The number of fused-ring (bicyclic) bond motifs is 1. The van der Waals surface area contributed by atoms with Crippen LogP contribution in [0.15, 0.2) is 77.5 Å². The molecule has 7 nitrogen and oxygen atoms in total. The van der Waals surface area contributed by atoms with Gasteiger partial charge in [0.15, 0.2) is 11.5 Å². The van der Waals surface area contributed by atoms with E-state index in [-0.39, 0.29) is 19.1 Å². The van der Waals surface area contributed by atoms with Gasteiger partial charge in [-0.25, -0.2) is 4.79 Å². The van der Waals surface area contributed by atoms with Crippen molar-refractivity contribution in [1.29, 1.82) is 0 Å². The van der Waals surface area contributed by atoms with Gasteiger partial charge >= 0.3 is 12.3 Å². The van der Waals surface area contributed by atoms with Gasteiger partial charge in [-0.1, -0.05) is 29.4 Å². The summed E-state index contributed by atoms with van der Waals surface area (Å²) in [5, 5.41) is 3.90. The standard InChI is InChI=1S/C25H16F3NO6/c26-25(27,28)34-19-8-3-16(4-9-19)13-31-18-6-1-15(2-7-18)11-20-23(29-35-24(20)30)17-5-10-21-22(12-17)33-14-32-21/h1-12H,13-14H2/b20-11-. The molecular weight excluding hydrogens is 467 g/mol. The lowest BCUT2D eigenvalue weighted by atomic mass is 10.0. The van der Waals surface area contributed by atoms with E-state index < -0.39 is 12.3 Å². The van der Waals surface area contributed by atoms with Crippen molar-refractivity contribution >= 4 is 17.8 Å². The molecule has 10 heteroatoms. The molecule has 0 radical (unpaired) electrons. The Morgan fingerprint density at radius 1 is 0.914 bits per heavy atom. The van der Waals surface area contributed by atoms with E-state index in [1.807, 2.05) is 0 Å². The Balaban J connectivity index is 1.25. The van der Waals surface area contributed by atoms with Gasteiger partial charge in [-0.2, -0.15) is 0 Å². The van der Waals surface area contributed by atoms with Gasteiger partial charge in [0.1, 0.15) is 23.8 Å². The summed E-state index contributed by atoms with van der Waals surface area (Å²) in [5.74, 6) is 0.851. The third kappa shape index (κ3) is 5.21. The maximum atomic E-state index is 12.3. The van der Waals surface area contributed by atoms with Crippen LogP contribution in [-0.2, 0) is 16.2 Å². The van der Waals surface area contributed by atoms with Crippen molar-refractivity contribution in [2.75, 3.05) is 6.79 Å².